The molecule has 1 aliphatic heterocycles. The Hall–Kier alpha value is -1.74. The van der Waals surface area contributed by atoms with Gasteiger partial charge in [0.05, 0.1) is 13.2 Å². The quantitative estimate of drug-likeness (QED) is 0.754. The van der Waals surface area contributed by atoms with Crippen LogP contribution in [0.2, 0.25) is 0 Å². The van der Waals surface area contributed by atoms with Crippen LogP contribution < -0.4 is 4.90 Å². The zero-order valence-electron chi connectivity index (χ0n) is 13.8. The Kier molecular flexibility index (Phi) is 5.53. The highest BCUT2D eigenvalue weighted by molar-refractivity contribution is 7.98. The van der Waals surface area contributed by atoms with E-state index in [1.807, 2.05) is 31.2 Å². The van der Waals surface area contributed by atoms with Crippen LogP contribution in [-0.2, 0) is 17.0 Å². The van der Waals surface area contributed by atoms with E-state index >= 15 is 0 Å². The molecule has 0 bridgehead atoms. The van der Waals surface area contributed by atoms with Crippen LogP contribution in [0.5, 0.6) is 0 Å². The number of rotatable bonds is 5. The van der Waals surface area contributed by atoms with Crippen LogP contribution in [0.25, 0.3) is 0 Å². The minimum absolute atomic E-state index is 0.257. The molecule has 1 aromatic heterocycles. The van der Waals surface area contributed by atoms with E-state index in [2.05, 4.69) is 10.2 Å². The number of thioether (sulfide) groups is 1. The topological polar surface area (TPSA) is 43.2 Å². The summed E-state index contributed by atoms with van der Waals surface area (Å²) in [6.45, 7) is 2.87. The predicted octanol–water partition coefficient (Wildman–Crippen LogP) is 3.28. The van der Waals surface area contributed by atoms with Crippen LogP contribution in [0.4, 0.5) is 19.1 Å². The zero-order chi connectivity index (χ0) is 17.9. The first-order valence-corrected chi connectivity index (χ1v) is 8.92. The molecule has 2 heterocycles. The lowest BCUT2D eigenvalue weighted by molar-refractivity contribution is -0.141. The summed E-state index contributed by atoms with van der Waals surface area (Å²) in [6.07, 6.45) is -4.33. The maximum atomic E-state index is 13.0. The first-order valence-electron chi connectivity index (χ1n) is 7.93. The molecule has 0 radical (unpaired) electrons. The molecule has 0 amide bonds. The molecule has 5 nitrogen and oxygen atoms in total. The van der Waals surface area contributed by atoms with E-state index in [1.54, 1.807) is 4.90 Å². The Morgan fingerprint density at radius 3 is 2.64 bits per heavy atom. The number of morpholine rings is 1. The summed E-state index contributed by atoms with van der Waals surface area (Å²) in [4.78, 5) is 1.79. The lowest BCUT2D eigenvalue weighted by atomic mass is 10.2. The largest absolute Gasteiger partial charge is 0.406 e. The predicted molar refractivity (Wildman–Crippen MR) is 89.8 cm³/mol. The standard InChI is InChI=1S/C16H19F3N4OS/c1-12-3-2-4-13(9-12)10-25-15-21-20-14(22-5-7-24-8-6-22)23(15)11-16(17,18)19/h2-4,9H,5-8,10-11H2,1H3. The van der Waals surface area contributed by atoms with Gasteiger partial charge in [0.15, 0.2) is 5.16 Å². The summed E-state index contributed by atoms with van der Waals surface area (Å²) in [5.74, 6) is 0.799. The van der Waals surface area contributed by atoms with Crippen molar-refractivity contribution in [2.45, 2.75) is 30.6 Å². The highest BCUT2D eigenvalue weighted by atomic mass is 32.2. The summed E-state index contributed by atoms with van der Waals surface area (Å²) in [5, 5.41) is 8.30. The molecular weight excluding hydrogens is 353 g/mol. The molecule has 1 fully saturated rings. The molecule has 136 valence electrons. The lowest BCUT2D eigenvalue weighted by Gasteiger charge is -2.28. The van der Waals surface area contributed by atoms with Gasteiger partial charge in [-0.1, -0.05) is 41.6 Å². The van der Waals surface area contributed by atoms with E-state index in [0.717, 1.165) is 15.7 Å². The van der Waals surface area contributed by atoms with Crippen LogP contribution in [0, 0.1) is 6.92 Å². The average Bonchev–Trinajstić information content (AvgIpc) is 2.94. The molecule has 0 unspecified atom stereocenters. The van der Waals surface area contributed by atoms with Gasteiger partial charge in [-0.05, 0) is 12.5 Å². The Morgan fingerprint density at radius 2 is 1.96 bits per heavy atom. The normalized spacial score (nSPS) is 15.6. The van der Waals surface area contributed by atoms with Crippen molar-refractivity contribution in [3.8, 4) is 0 Å². The number of ether oxygens (including phenoxy) is 1. The average molecular weight is 372 g/mol. The van der Waals surface area contributed by atoms with E-state index in [1.165, 1.54) is 11.8 Å². The summed E-state index contributed by atoms with van der Waals surface area (Å²) in [5.41, 5.74) is 2.16. The van der Waals surface area contributed by atoms with Gasteiger partial charge in [0.1, 0.15) is 6.54 Å². The monoisotopic (exact) mass is 372 g/mol. The Balaban J connectivity index is 1.81. The van der Waals surface area contributed by atoms with Gasteiger partial charge >= 0.3 is 6.18 Å². The second-order valence-corrected chi connectivity index (χ2v) is 6.80. The summed E-state index contributed by atoms with van der Waals surface area (Å²) in [6, 6.07) is 7.88. The number of anilines is 1. The molecule has 0 aliphatic carbocycles. The second-order valence-electron chi connectivity index (χ2n) is 5.86. The van der Waals surface area contributed by atoms with Gasteiger partial charge in [-0.15, -0.1) is 10.2 Å². The van der Waals surface area contributed by atoms with Crippen molar-refractivity contribution in [3.63, 3.8) is 0 Å². The number of hydrogen-bond acceptors (Lipinski definition) is 5. The number of alkyl halides is 3. The van der Waals surface area contributed by atoms with E-state index in [0.29, 0.717) is 32.1 Å². The summed E-state index contributed by atoms with van der Waals surface area (Å²) < 4.78 is 45.5. The van der Waals surface area contributed by atoms with Crippen molar-refractivity contribution in [2.24, 2.45) is 0 Å². The molecule has 9 heteroatoms. The summed E-state index contributed by atoms with van der Waals surface area (Å²) in [7, 11) is 0. The van der Waals surface area contributed by atoms with Crippen LogP contribution in [0.1, 0.15) is 11.1 Å². The van der Waals surface area contributed by atoms with Crippen LogP contribution in [0.3, 0.4) is 0 Å². The Labute approximate surface area is 148 Å². The van der Waals surface area contributed by atoms with Gasteiger partial charge in [0.25, 0.3) is 0 Å². The third-order valence-corrected chi connectivity index (χ3v) is 4.82. The molecule has 0 N–H and O–H groups in total. The number of benzene rings is 1. The Morgan fingerprint density at radius 1 is 1.20 bits per heavy atom. The lowest BCUT2D eigenvalue weighted by Crippen LogP contribution is -2.38. The van der Waals surface area contributed by atoms with Gasteiger partial charge in [-0.25, -0.2) is 0 Å². The van der Waals surface area contributed by atoms with Gasteiger partial charge < -0.3 is 9.64 Å². The number of nitrogens with zero attached hydrogens (tertiary/aromatic N) is 4. The van der Waals surface area contributed by atoms with Gasteiger partial charge in [0.2, 0.25) is 5.95 Å². The minimum atomic E-state index is -4.33. The second kappa shape index (κ2) is 7.65. The highest BCUT2D eigenvalue weighted by Crippen LogP contribution is 2.29. The van der Waals surface area contributed by atoms with E-state index < -0.39 is 12.7 Å². The molecule has 1 saturated heterocycles. The molecule has 3 rings (SSSR count). The highest BCUT2D eigenvalue weighted by Gasteiger charge is 2.32. The van der Waals surface area contributed by atoms with Gasteiger partial charge in [-0.2, -0.15) is 13.2 Å². The zero-order valence-corrected chi connectivity index (χ0v) is 14.6. The summed E-state index contributed by atoms with van der Waals surface area (Å²) >= 11 is 1.27. The third-order valence-electron chi connectivity index (χ3n) is 3.78. The van der Waals surface area contributed by atoms with Crippen molar-refractivity contribution in [1.29, 1.82) is 0 Å². The number of aromatic nitrogens is 3. The minimum Gasteiger partial charge on any atom is -0.378 e. The van der Waals surface area contributed by atoms with E-state index in [4.69, 9.17) is 4.74 Å². The molecule has 0 spiro atoms. The van der Waals surface area contributed by atoms with Crippen LogP contribution in [0.15, 0.2) is 29.4 Å². The van der Waals surface area contributed by atoms with Crippen molar-refractivity contribution < 1.29 is 17.9 Å². The molecule has 1 aromatic carbocycles. The third kappa shape index (κ3) is 4.88. The van der Waals surface area contributed by atoms with E-state index in [-0.39, 0.29) is 11.1 Å². The smallest absolute Gasteiger partial charge is 0.378 e. The fourth-order valence-electron chi connectivity index (χ4n) is 2.65. The first kappa shape index (κ1) is 18.1. The van der Waals surface area contributed by atoms with Crippen molar-refractivity contribution >= 4 is 17.7 Å². The molecule has 0 atom stereocenters. The SMILES string of the molecule is Cc1cccc(CSc2nnc(N3CCOCC3)n2CC(F)(F)F)c1. The molecule has 2 aromatic rings. The van der Waals surface area contributed by atoms with Crippen LogP contribution in [-0.4, -0.2) is 47.2 Å². The number of hydrogen-bond donors (Lipinski definition) is 0. The van der Waals surface area contributed by atoms with Crippen molar-refractivity contribution in [3.05, 3.63) is 35.4 Å². The van der Waals surface area contributed by atoms with Crippen molar-refractivity contribution in [1.82, 2.24) is 14.8 Å². The molecular formula is C16H19F3N4OS. The van der Waals surface area contributed by atoms with E-state index in [9.17, 15) is 13.2 Å². The molecule has 0 saturated carbocycles. The first-order chi connectivity index (χ1) is 11.9. The maximum Gasteiger partial charge on any atom is 0.406 e. The number of halogens is 3. The van der Waals surface area contributed by atoms with Crippen LogP contribution >= 0.6 is 11.8 Å². The van der Waals surface area contributed by atoms with Crippen molar-refractivity contribution in [2.75, 3.05) is 31.2 Å². The fraction of sp³-hybridized carbons (Fsp3) is 0.500. The number of aryl methyl sites for hydroxylation is 1. The molecule has 25 heavy (non-hydrogen) atoms. The maximum absolute atomic E-state index is 13.0. The van der Waals surface area contributed by atoms with Gasteiger partial charge in [0, 0.05) is 18.8 Å². The molecule has 1 aliphatic rings. The Bertz CT molecular complexity index is 714. The van der Waals surface area contributed by atoms with Gasteiger partial charge in [-0.3, -0.25) is 4.57 Å². The fourth-order valence-corrected chi connectivity index (χ4v) is 3.53.